The molecule has 0 atom stereocenters. The lowest BCUT2D eigenvalue weighted by molar-refractivity contribution is -0.107. The molecule has 0 aliphatic heterocycles. The van der Waals surface area contributed by atoms with E-state index in [1.807, 2.05) is 18.2 Å². The summed E-state index contributed by atoms with van der Waals surface area (Å²) in [5.74, 6) is 0. The largest absolute Gasteiger partial charge is 0.381 e. The zero-order valence-corrected chi connectivity index (χ0v) is 11.2. The molecule has 98 valence electrons. The van der Waals surface area contributed by atoms with Crippen molar-refractivity contribution < 1.29 is 4.79 Å². The average molecular weight is 253 g/mol. The Bertz CT molecular complexity index is 534. The van der Waals surface area contributed by atoms with Gasteiger partial charge in [0.25, 0.3) is 0 Å². The molecule has 0 saturated heterocycles. The van der Waals surface area contributed by atoms with Gasteiger partial charge in [-0.15, -0.1) is 0 Å². The van der Waals surface area contributed by atoms with Crippen LogP contribution in [0.25, 0.3) is 0 Å². The van der Waals surface area contributed by atoms with Gasteiger partial charge in [-0.05, 0) is 42.2 Å². The monoisotopic (exact) mass is 253 g/mol. The van der Waals surface area contributed by atoms with E-state index in [4.69, 9.17) is 0 Å². The molecular formula is C17H19NO. The Balaban J connectivity index is 1.98. The van der Waals surface area contributed by atoms with E-state index in [1.54, 1.807) is 0 Å². The summed E-state index contributed by atoms with van der Waals surface area (Å²) in [7, 11) is 0. The molecule has 0 heterocycles. The van der Waals surface area contributed by atoms with Crippen molar-refractivity contribution in [1.29, 1.82) is 0 Å². The molecule has 0 aliphatic carbocycles. The van der Waals surface area contributed by atoms with Crippen molar-refractivity contribution in [3.8, 4) is 0 Å². The molecule has 2 aromatic carbocycles. The summed E-state index contributed by atoms with van der Waals surface area (Å²) in [5, 5.41) is 3.42. The maximum atomic E-state index is 10.4. The Hall–Kier alpha value is -2.09. The second-order valence-corrected chi connectivity index (χ2v) is 4.69. The van der Waals surface area contributed by atoms with Crippen molar-refractivity contribution in [2.24, 2.45) is 0 Å². The number of hydrogen-bond donors (Lipinski definition) is 1. The van der Waals surface area contributed by atoms with Gasteiger partial charge in [0, 0.05) is 18.7 Å². The highest BCUT2D eigenvalue weighted by Crippen LogP contribution is 2.17. The van der Waals surface area contributed by atoms with E-state index in [0.29, 0.717) is 6.42 Å². The second-order valence-electron chi connectivity index (χ2n) is 4.69. The Morgan fingerprint density at radius 2 is 1.89 bits per heavy atom. The molecular weight excluding hydrogens is 234 g/mol. The van der Waals surface area contributed by atoms with Gasteiger partial charge in [-0.2, -0.15) is 0 Å². The zero-order chi connectivity index (χ0) is 13.5. The highest BCUT2D eigenvalue weighted by atomic mass is 16.1. The third-order valence-electron chi connectivity index (χ3n) is 3.21. The van der Waals surface area contributed by atoms with Crippen molar-refractivity contribution in [3.63, 3.8) is 0 Å². The topological polar surface area (TPSA) is 29.1 Å². The number of anilines is 1. The van der Waals surface area contributed by atoms with E-state index in [0.717, 1.165) is 24.9 Å². The van der Waals surface area contributed by atoms with Crippen molar-refractivity contribution in [3.05, 3.63) is 65.2 Å². The zero-order valence-electron chi connectivity index (χ0n) is 11.2. The van der Waals surface area contributed by atoms with Gasteiger partial charge in [0.05, 0.1) is 0 Å². The summed E-state index contributed by atoms with van der Waals surface area (Å²) >= 11 is 0. The maximum absolute atomic E-state index is 10.4. The van der Waals surface area contributed by atoms with Crippen LogP contribution in [0.1, 0.15) is 23.1 Å². The van der Waals surface area contributed by atoms with E-state index in [1.165, 1.54) is 16.7 Å². The number of rotatable bonds is 6. The minimum atomic E-state index is 0.595. The molecule has 0 aliphatic rings. The number of aldehydes is 1. The Labute approximate surface area is 114 Å². The Kier molecular flexibility index (Phi) is 4.73. The lowest BCUT2D eigenvalue weighted by atomic mass is 10.0. The molecule has 0 spiro atoms. The van der Waals surface area contributed by atoms with Crippen LogP contribution in [0.4, 0.5) is 5.69 Å². The van der Waals surface area contributed by atoms with Crippen molar-refractivity contribution in [2.45, 2.75) is 26.3 Å². The van der Waals surface area contributed by atoms with E-state index in [-0.39, 0.29) is 0 Å². The SMILES string of the molecule is Cc1cc(NCc2ccccc2)ccc1CCC=O. The van der Waals surface area contributed by atoms with Crippen LogP contribution in [0.15, 0.2) is 48.5 Å². The van der Waals surface area contributed by atoms with Crippen LogP contribution in [-0.4, -0.2) is 6.29 Å². The molecule has 0 unspecified atom stereocenters. The van der Waals surface area contributed by atoms with Crippen LogP contribution in [-0.2, 0) is 17.8 Å². The van der Waals surface area contributed by atoms with Crippen LogP contribution >= 0.6 is 0 Å². The molecule has 19 heavy (non-hydrogen) atoms. The van der Waals surface area contributed by atoms with Crippen LogP contribution in [0.3, 0.4) is 0 Å². The summed E-state index contributed by atoms with van der Waals surface area (Å²) in [6.45, 7) is 2.92. The standard InChI is InChI=1S/C17H19NO/c1-14-12-17(10-9-16(14)8-5-11-19)18-13-15-6-3-2-4-7-15/h2-4,6-7,9-12,18H,5,8,13H2,1H3. The first-order chi connectivity index (χ1) is 9.29. The fourth-order valence-corrected chi connectivity index (χ4v) is 2.10. The molecule has 2 nitrogen and oxygen atoms in total. The third-order valence-corrected chi connectivity index (χ3v) is 3.21. The summed E-state index contributed by atoms with van der Waals surface area (Å²) in [4.78, 5) is 10.4. The van der Waals surface area contributed by atoms with Crippen LogP contribution < -0.4 is 5.32 Å². The Morgan fingerprint density at radius 3 is 2.58 bits per heavy atom. The molecule has 1 N–H and O–H groups in total. The first-order valence-electron chi connectivity index (χ1n) is 6.60. The number of carbonyl (C=O) groups excluding carboxylic acids is 1. The van der Waals surface area contributed by atoms with Crippen LogP contribution in [0, 0.1) is 6.92 Å². The molecule has 0 fully saturated rings. The first kappa shape index (κ1) is 13.3. The first-order valence-corrected chi connectivity index (χ1v) is 6.60. The summed E-state index contributed by atoms with van der Waals surface area (Å²) in [6.07, 6.45) is 2.40. The number of benzene rings is 2. The molecule has 0 radical (unpaired) electrons. The van der Waals surface area contributed by atoms with E-state index in [9.17, 15) is 4.79 Å². The predicted molar refractivity (Wildman–Crippen MR) is 79.3 cm³/mol. The van der Waals surface area contributed by atoms with Crippen molar-refractivity contribution in [2.75, 3.05) is 5.32 Å². The number of nitrogens with one attached hydrogen (secondary N) is 1. The Morgan fingerprint density at radius 1 is 1.11 bits per heavy atom. The van der Waals surface area contributed by atoms with E-state index in [2.05, 4.69) is 42.6 Å². The fourth-order valence-electron chi connectivity index (χ4n) is 2.10. The van der Waals surface area contributed by atoms with Gasteiger partial charge in [-0.25, -0.2) is 0 Å². The molecule has 2 rings (SSSR count). The van der Waals surface area contributed by atoms with Gasteiger partial charge in [0.1, 0.15) is 6.29 Å². The average Bonchev–Trinajstić information content (AvgIpc) is 2.45. The second kappa shape index (κ2) is 6.74. The van der Waals surface area contributed by atoms with Crippen molar-refractivity contribution >= 4 is 12.0 Å². The summed E-state index contributed by atoms with van der Waals surface area (Å²) < 4.78 is 0. The van der Waals surface area contributed by atoms with E-state index >= 15 is 0 Å². The molecule has 0 bridgehead atoms. The highest BCUT2D eigenvalue weighted by molar-refractivity contribution is 5.52. The molecule has 0 saturated carbocycles. The van der Waals surface area contributed by atoms with E-state index < -0.39 is 0 Å². The lowest BCUT2D eigenvalue weighted by Crippen LogP contribution is -2.00. The van der Waals surface area contributed by atoms with Crippen LogP contribution in [0.5, 0.6) is 0 Å². The van der Waals surface area contributed by atoms with Crippen molar-refractivity contribution in [1.82, 2.24) is 0 Å². The van der Waals surface area contributed by atoms with Gasteiger partial charge in [0.2, 0.25) is 0 Å². The third kappa shape index (κ3) is 3.95. The minimum Gasteiger partial charge on any atom is -0.381 e. The normalized spacial score (nSPS) is 10.2. The fraction of sp³-hybridized carbons (Fsp3) is 0.235. The molecule has 2 aromatic rings. The van der Waals surface area contributed by atoms with Gasteiger partial charge in [0.15, 0.2) is 0 Å². The van der Waals surface area contributed by atoms with Gasteiger partial charge in [-0.1, -0.05) is 36.4 Å². The van der Waals surface area contributed by atoms with Gasteiger partial charge >= 0.3 is 0 Å². The summed E-state index contributed by atoms with van der Waals surface area (Å²) in [6, 6.07) is 16.7. The number of aryl methyl sites for hydroxylation is 2. The minimum absolute atomic E-state index is 0.595. The quantitative estimate of drug-likeness (QED) is 0.795. The van der Waals surface area contributed by atoms with Gasteiger partial charge in [-0.3, -0.25) is 0 Å². The molecule has 0 aromatic heterocycles. The smallest absolute Gasteiger partial charge is 0.120 e. The summed E-state index contributed by atoms with van der Waals surface area (Å²) in [5.41, 5.74) is 4.87. The lowest BCUT2D eigenvalue weighted by Gasteiger charge is -2.10. The number of hydrogen-bond acceptors (Lipinski definition) is 2. The maximum Gasteiger partial charge on any atom is 0.120 e. The van der Waals surface area contributed by atoms with Crippen LogP contribution in [0.2, 0.25) is 0 Å². The molecule has 0 amide bonds. The number of carbonyl (C=O) groups is 1. The highest BCUT2D eigenvalue weighted by Gasteiger charge is 2.00. The predicted octanol–water partition coefficient (Wildman–Crippen LogP) is 3.74. The molecule has 2 heteroatoms. The van der Waals surface area contributed by atoms with Gasteiger partial charge < -0.3 is 10.1 Å².